The van der Waals surface area contributed by atoms with Gasteiger partial charge in [-0.2, -0.15) is 0 Å². The highest BCUT2D eigenvalue weighted by Crippen LogP contribution is 2.50. The minimum atomic E-state index is 0.643. The number of thiophene rings is 1. The van der Waals surface area contributed by atoms with Crippen LogP contribution < -0.4 is 0 Å². The van der Waals surface area contributed by atoms with Crippen molar-refractivity contribution in [3.05, 3.63) is 193 Å². The molecule has 9 aromatic carbocycles. The largest absolute Gasteiger partial charge is 0.309 e. The van der Waals surface area contributed by atoms with Crippen LogP contribution in [-0.4, -0.2) is 19.1 Å². The van der Waals surface area contributed by atoms with Gasteiger partial charge in [0.1, 0.15) is 0 Å². The highest BCUT2D eigenvalue weighted by atomic mass is 32.1. The number of aromatic nitrogens is 4. The van der Waals surface area contributed by atoms with E-state index in [0.29, 0.717) is 5.95 Å². The van der Waals surface area contributed by atoms with Crippen LogP contribution in [0.4, 0.5) is 0 Å². The van der Waals surface area contributed by atoms with Crippen molar-refractivity contribution in [2.45, 2.75) is 6.92 Å². The van der Waals surface area contributed by atoms with E-state index >= 15 is 0 Å². The van der Waals surface area contributed by atoms with Gasteiger partial charge in [-0.1, -0.05) is 152 Å². The van der Waals surface area contributed by atoms with E-state index in [4.69, 9.17) is 9.97 Å². The summed E-state index contributed by atoms with van der Waals surface area (Å²) in [4.78, 5) is 12.2. The summed E-state index contributed by atoms with van der Waals surface area (Å²) in [7, 11) is 0. The monoisotopic (exact) mass is 808 g/mol. The molecule has 0 fully saturated rings. The average Bonchev–Trinajstić information content (AvgIpc) is 3.99. The van der Waals surface area contributed by atoms with Crippen molar-refractivity contribution in [1.29, 1.82) is 0 Å². The Morgan fingerprint density at radius 3 is 1.73 bits per heavy atom. The first kappa shape index (κ1) is 34.9. The number of nitrogens with zero attached hydrogens (tertiary/aromatic N) is 4. The Hall–Kier alpha value is -7.86. The molecule has 0 spiro atoms. The lowest BCUT2D eigenvalue weighted by molar-refractivity contribution is 1.02. The van der Waals surface area contributed by atoms with E-state index < -0.39 is 0 Å². The zero-order chi connectivity index (χ0) is 41.1. The summed E-state index contributed by atoms with van der Waals surface area (Å²) in [5.74, 6) is 0.643. The standard InChI is InChI=1S/C57H36N4S/c1-3-18-36-44-33-34(31-32-49(44)62-48(36)4-2)54-41-25-12-15-28-45(41)58-57(59-54)61-47-30-17-14-27-43(47)52-53-50(38-22-9-11-24-40(38)56(52)61)37-21-8-10-23-39(37)55-51(53)42-26-13-16-29-46(42)60(55)35-19-6-5-7-20-35/h3-33H,2H2,1H3/b18-3-. The minimum Gasteiger partial charge on any atom is -0.309 e. The van der Waals surface area contributed by atoms with Gasteiger partial charge in [0.05, 0.1) is 33.3 Å². The van der Waals surface area contributed by atoms with Crippen molar-refractivity contribution in [3.63, 3.8) is 0 Å². The van der Waals surface area contributed by atoms with Gasteiger partial charge in [-0.05, 0) is 71.1 Å². The third-order valence-corrected chi connectivity index (χ3v) is 13.9. The van der Waals surface area contributed by atoms with Gasteiger partial charge in [0.2, 0.25) is 5.95 Å². The molecule has 62 heavy (non-hydrogen) atoms. The molecule has 4 aromatic heterocycles. The van der Waals surface area contributed by atoms with E-state index in [1.807, 2.05) is 6.08 Å². The molecule has 290 valence electrons. The number of hydrogen-bond acceptors (Lipinski definition) is 3. The molecule has 13 aromatic rings. The SMILES string of the molecule is C=Cc1sc2ccc(-c3nc(-n4c5ccccc5c5c6c(c7ccccc7c7c6c6ccccc6n7-c6ccccc6)c6ccccc6c54)nc4ccccc34)cc2c1/C=C\C. The molecule has 0 amide bonds. The average molecular weight is 809 g/mol. The summed E-state index contributed by atoms with van der Waals surface area (Å²) < 4.78 is 6.03. The van der Waals surface area contributed by atoms with E-state index in [1.54, 1.807) is 11.3 Å². The molecule has 0 atom stereocenters. The van der Waals surface area contributed by atoms with Gasteiger partial charge in [-0.25, -0.2) is 9.97 Å². The molecule has 0 aliphatic rings. The highest BCUT2D eigenvalue weighted by Gasteiger charge is 2.27. The van der Waals surface area contributed by atoms with Gasteiger partial charge < -0.3 is 4.57 Å². The van der Waals surface area contributed by atoms with Gasteiger partial charge >= 0.3 is 0 Å². The summed E-state index contributed by atoms with van der Waals surface area (Å²) in [6, 6.07) is 61.6. The van der Waals surface area contributed by atoms with Crippen LogP contribution in [0.5, 0.6) is 0 Å². The van der Waals surface area contributed by atoms with Gasteiger partial charge in [0.15, 0.2) is 0 Å². The predicted molar refractivity (Wildman–Crippen MR) is 266 cm³/mol. The van der Waals surface area contributed by atoms with Gasteiger partial charge in [0.25, 0.3) is 0 Å². The third-order valence-electron chi connectivity index (χ3n) is 12.8. The molecule has 0 aliphatic carbocycles. The van der Waals surface area contributed by atoms with E-state index in [-0.39, 0.29) is 0 Å². The topological polar surface area (TPSA) is 35.6 Å². The van der Waals surface area contributed by atoms with Crippen LogP contribution >= 0.6 is 11.3 Å². The Kier molecular flexibility index (Phi) is 7.51. The summed E-state index contributed by atoms with van der Waals surface area (Å²) in [5.41, 5.74) is 9.73. The second-order valence-corrected chi connectivity index (χ2v) is 17.1. The first-order valence-electron chi connectivity index (χ1n) is 21.1. The van der Waals surface area contributed by atoms with E-state index in [0.717, 1.165) is 49.7 Å². The first-order valence-corrected chi connectivity index (χ1v) is 21.9. The van der Waals surface area contributed by atoms with Crippen LogP contribution in [0.1, 0.15) is 17.4 Å². The van der Waals surface area contributed by atoms with Crippen LogP contribution in [0.2, 0.25) is 0 Å². The van der Waals surface area contributed by atoms with Crippen LogP contribution in [-0.2, 0) is 0 Å². The molecule has 0 bridgehead atoms. The molecular weight excluding hydrogens is 773 g/mol. The highest BCUT2D eigenvalue weighted by molar-refractivity contribution is 7.20. The molecule has 4 nitrogen and oxygen atoms in total. The van der Waals surface area contributed by atoms with Crippen LogP contribution in [0.25, 0.3) is 132 Å². The first-order chi connectivity index (χ1) is 30.7. The molecule has 0 N–H and O–H groups in total. The second kappa shape index (κ2) is 13.3. The van der Waals surface area contributed by atoms with Crippen molar-refractivity contribution in [1.82, 2.24) is 19.1 Å². The fourth-order valence-electron chi connectivity index (χ4n) is 10.3. The summed E-state index contributed by atoms with van der Waals surface area (Å²) in [6.07, 6.45) is 6.25. The van der Waals surface area contributed by atoms with Crippen LogP contribution in [0.15, 0.2) is 183 Å². The molecule has 13 rings (SSSR count). The maximum absolute atomic E-state index is 5.63. The van der Waals surface area contributed by atoms with Gasteiger partial charge in [-0.3, -0.25) is 4.57 Å². The lowest BCUT2D eigenvalue weighted by Gasteiger charge is -2.16. The fourth-order valence-corrected chi connectivity index (χ4v) is 11.3. The summed E-state index contributed by atoms with van der Waals surface area (Å²) in [6.45, 7) is 6.20. The van der Waals surface area contributed by atoms with Crippen LogP contribution in [0, 0.1) is 0 Å². The molecule has 5 heteroatoms. The Labute approximate surface area is 360 Å². The van der Waals surface area contributed by atoms with Crippen LogP contribution in [0.3, 0.4) is 0 Å². The summed E-state index contributed by atoms with van der Waals surface area (Å²) >= 11 is 1.77. The third kappa shape index (κ3) is 4.77. The Balaban J connectivity index is 1.24. The lowest BCUT2D eigenvalue weighted by atomic mass is 9.89. The fraction of sp³-hybridized carbons (Fsp3) is 0.0175. The molecule has 0 unspecified atom stereocenters. The predicted octanol–water partition coefficient (Wildman–Crippen LogP) is 15.8. The normalized spacial score (nSPS) is 12.3. The Bertz CT molecular complexity index is 4070. The molecule has 0 saturated heterocycles. The molecule has 0 radical (unpaired) electrons. The number of benzene rings is 9. The summed E-state index contributed by atoms with van der Waals surface area (Å²) in [5, 5.41) is 14.4. The Morgan fingerprint density at radius 1 is 0.500 bits per heavy atom. The quantitative estimate of drug-likeness (QED) is 0.162. The van der Waals surface area contributed by atoms with Crippen molar-refractivity contribution < 1.29 is 0 Å². The molecule has 0 aliphatic heterocycles. The van der Waals surface area contributed by atoms with Gasteiger partial charge in [0, 0.05) is 69.3 Å². The lowest BCUT2D eigenvalue weighted by Crippen LogP contribution is -2.04. The van der Waals surface area contributed by atoms with Crippen molar-refractivity contribution >= 4 is 120 Å². The smallest absolute Gasteiger partial charge is 0.235 e. The number of para-hydroxylation sites is 4. The second-order valence-electron chi connectivity index (χ2n) is 16.0. The number of fused-ring (bicyclic) bond motifs is 17. The van der Waals surface area contributed by atoms with Crippen molar-refractivity contribution in [3.8, 4) is 22.9 Å². The molecular formula is C57H36N4S. The van der Waals surface area contributed by atoms with Gasteiger partial charge in [-0.15, -0.1) is 11.3 Å². The number of hydrogen-bond donors (Lipinski definition) is 0. The molecule has 4 heterocycles. The zero-order valence-corrected chi connectivity index (χ0v) is 34.6. The van der Waals surface area contributed by atoms with E-state index in [2.05, 4.69) is 205 Å². The number of rotatable bonds is 5. The number of allylic oxidation sites excluding steroid dienone is 1. The Morgan fingerprint density at radius 2 is 1.06 bits per heavy atom. The zero-order valence-electron chi connectivity index (χ0n) is 33.8. The molecule has 0 saturated carbocycles. The van der Waals surface area contributed by atoms with Crippen molar-refractivity contribution in [2.24, 2.45) is 0 Å². The van der Waals surface area contributed by atoms with E-state index in [1.165, 1.54) is 74.6 Å². The maximum atomic E-state index is 5.63. The van der Waals surface area contributed by atoms with E-state index in [9.17, 15) is 0 Å². The maximum Gasteiger partial charge on any atom is 0.235 e. The minimum absolute atomic E-state index is 0.643. The van der Waals surface area contributed by atoms with Crippen molar-refractivity contribution in [2.75, 3.05) is 0 Å².